The summed E-state index contributed by atoms with van der Waals surface area (Å²) in [6.07, 6.45) is 2.52. The molecular weight excluding hydrogens is 404 g/mol. The average molecular weight is 429 g/mol. The molecule has 0 bridgehead atoms. The van der Waals surface area contributed by atoms with E-state index in [4.69, 9.17) is 0 Å². The van der Waals surface area contributed by atoms with E-state index in [1.807, 2.05) is 6.92 Å². The Kier molecular flexibility index (Phi) is 4.80. The second-order valence-corrected chi connectivity index (χ2v) is 10.6. The van der Waals surface area contributed by atoms with E-state index >= 15 is 0 Å². The molecular formula is C22H24N2O5S. The number of hydrogen-bond acceptors (Lipinski definition) is 6. The first-order valence-corrected chi connectivity index (χ1v) is 11.7. The van der Waals surface area contributed by atoms with Crippen molar-refractivity contribution in [2.24, 2.45) is 18.9 Å². The Labute approximate surface area is 175 Å². The van der Waals surface area contributed by atoms with Crippen LogP contribution in [0.3, 0.4) is 0 Å². The lowest BCUT2D eigenvalue weighted by Crippen LogP contribution is -2.38. The zero-order valence-electron chi connectivity index (χ0n) is 17.5. The van der Waals surface area contributed by atoms with E-state index in [0.717, 1.165) is 5.56 Å². The van der Waals surface area contributed by atoms with Crippen molar-refractivity contribution >= 4 is 27.2 Å². The van der Waals surface area contributed by atoms with Gasteiger partial charge in [0.2, 0.25) is 0 Å². The molecule has 1 saturated carbocycles. The van der Waals surface area contributed by atoms with Crippen LogP contribution in [0.5, 0.6) is 0 Å². The van der Waals surface area contributed by atoms with Gasteiger partial charge in [0.05, 0.1) is 16.3 Å². The van der Waals surface area contributed by atoms with Crippen LogP contribution >= 0.6 is 0 Å². The number of hydrogen-bond donors (Lipinski definition) is 0. The monoisotopic (exact) mass is 428 g/mol. The summed E-state index contributed by atoms with van der Waals surface area (Å²) in [4.78, 5) is 38.6. The molecule has 4 rings (SSSR count). The van der Waals surface area contributed by atoms with E-state index in [9.17, 15) is 22.8 Å². The van der Waals surface area contributed by atoms with Gasteiger partial charge in [0.1, 0.15) is 5.92 Å². The minimum Gasteiger partial charge on any atom is -0.298 e. The molecule has 7 nitrogen and oxygen atoms in total. The molecule has 30 heavy (non-hydrogen) atoms. The van der Waals surface area contributed by atoms with Gasteiger partial charge in [-0.05, 0) is 48.9 Å². The van der Waals surface area contributed by atoms with E-state index in [1.54, 1.807) is 31.8 Å². The Bertz CT molecular complexity index is 1200. The highest BCUT2D eigenvalue weighted by Gasteiger charge is 2.41. The van der Waals surface area contributed by atoms with Gasteiger partial charge in [-0.2, -0.15) is 5.10 Å². The molecule has 1 aromatic heterocycles. The molecule has 8 heteroatoms. The second-order valence-electron chi connectivity index (χ2n) is 8.56. The van der Waals surface area contributed by atoms with Crippen LogP contribution in [-0.2, 0) is 32.9 Å². The summed E-state index contributed by atoms with van der Waals surface area (Å²) in [5, 5.41) is 4.48. The maximum absolute atomic E-state index is 13.3. The number of rotatable bonds is 2. The van der Waals surface area contributed by atoms with Crippen LogP contribution in [0.1, 0.15) is 46.8 Å². The molecule has 2 heterocycles. The zero-order chi connectivity index (χ0) is 22.0. The largest absolute Gasteiger partial charge is 0.298 e. The van der Waals surface area contributed by atoms with Crippen LogP contribution in [0.2, 0.25) is 0 Å². The fourth-order valence-corrected chi connectivity index (χ4v) is 6.54. The van der Waals surface area contributed by atoms with Crippen LogP contribution in [0.4, 0.5) is 0 Å². The van der Waals surface area contributed by atoms with Crippen LogP contribution < -0.4 is 0 Å². The smallest absolute Gasteiger partial charge is 0.181 e. The highest BCUT2D eigenvalue weighted by Crippen LogP contribution is 2.40. The number of Topliss-reactive ketones (excluding diaryl/α,β-unsaturated/α-hetero) is 3. The third-order valence-electron chi connectivity index (χ3n) is 6.09. The molecule has 0 unspecified atom stereocenters. The molecule has 0 radical (unpaired) electrons. The van der Waals surface area contributed by atoms with E-state index in [1.165, 1.54) is 6.07 Å². The Morgan fingerprint density at radius 3 is 2.43 bits per heavy atom. The van der Waals surface area contributed by atoms with Gasteiger partial charge in [0.15, 0.2) is 27.2 Å². The van der Waals surface area contributed by atoms with Gasteiger partial charge in [0.25, 0.3) is 0 Å². The quantitative estimate of drug-likeness (QED) is 0.537. The Balaban J connectivity index is 1.95. The first-order valence-electron chi connectivity index (χ1n) is 10.0. The SMILES string of the molecule is Cc1cc(C(=O)C2C(=O)CC(C)CC2=O)c(C)c2c1S(=O)(=O)CCc1cn(C)nc1-2. The Hall–Kier alpha value is -2.61. The van der Waals surface area contributed by atoms with Crippen molar-refractivity contribution in [3.63, 3.8) is 0 Å². The summed E-state index contributed by atoms with van der Waals surface area (Å²) in [6, 6.07) is 1.51. The first-order chi connectivity index (χ1) is 14.0. The molecule has 158 valence electrons. The molecule has 2 aliphatic rings. The standard InChI is InChI=1S/C22H24N2O5S/c1-11-7-16(25)19(17(26)8-11)21(27)15-9-12(2)22-18(13(15)3)20-14(10-24(4)23-20)5-6-30(22,28)29/h9-11,19H,5-8H2,1-4H3. The molecule has 0 amide bonds. The highest BCUT2D eigenvalue weighted by atomic mass is 32.2. The van der Waals surface area contributed by atoms with Crippen LogP contribution in [0.15, 0.2) is 17.2 Å². The summed E-state index contributed by atoms with van der Waals surface area (Å²) in [5.74, 6) is -2.67. The minimum atomic E-state index is -3.57. The number of aryl methyl sites for hydroxylation is 3. The van der Waals surface area contributed by atoms with Crippen molar-refractivity contribution in [1.29, 1.82) is 0 Å². The van der Waals surface area contributed by atoms with Crippen molar-refractivity contribution in [2.75, 3.05) is 5.75 Å². The maximum Gasteiger partial charge on any atom is 0.181 e. The average Bonchev–Trinajstić information content (AvgIpc) is 2.95. The molecule has 1 aromatic carbocycles. The van der Waals surface area contributed by atoms with E-state index in [0.29, 0.717) is 28.8 Å². The molecule has 0 N–H and O–H groups in total. The van der Waals surface area contributed by atoms with Crippen molar-refractivity contribution < 1.29 is 22.8 Å². The number of carbonyl (C=O) groups is 3. The van der Waals surface area contributed by atoms with Gasteiger partial charge in [0, 0.05) is 37.2 Å². The van der Waals surface area contributed by atoms with Crippen molar-refractivity contribution in [2.45, 2.75) is 44.9 Å². The third kappa shape index (κ3) is 3.14. The molecule has 1 aliphatic carbocycles. The number of benzene rings is 1. The fraction of sp³-hybridized carbons (Fsp3) is 0.455. The van der Waals surface area contributed by atoms with Gasteiger partial charge in [-0.15, -0.1) is 0 Å². The predicted molar refractivity (Wildman–Crippen MR) is 110 cm³/mol. The van der Waals surface area contributed by atoms with Crippen LogP contribution in [0, 0.1) is 25.7 Å². The van der Waals surface area contributed by atoms with Gasteiger partial charge in [-0.25, -0.2) is 8.42 Å². The van der Waals surface area contributed by atoms with Gasteiger partial charge in [-0.3, -0.25) is 19.1 Å². The normalized spacial score (nSPS) is 22.9. The van der Waals surface area contributed by atoms with Gasteiger partial charge >= 0.3 is 0 Å². The number of carbonyl (C=O) groups excluding carboxylic acids is 3. The number of sulfone groups is 1. The summed E-state index contributed by atoms with van der Waals surface area (Å²) in [5.41, 5.74) is 2.85. The summed E-state index contributed by atoms with van der Waals surface area (Å²) >= 11 is 0. The lowest BCUT2D eigenvalue weighted by Gasteiger charge is -2.24. The number of fused-ring (bicyclic) bond motifs is 3. The highest BCUT2D eigenvalue weighted by molar-refractivity contribution is 7.91. The van der Waals surface area contributed by atoms with E-state index in [-0.39, 0.29) is 46.5 Å². The fourth-order valence-electron chi connectivity index (χ4n) is 4.73. The molecule has 2 aromatic rings. The van der Waals surface area contributed by atoms with Crippen LogP contribution in [0.25, 0.3) is 11.3 Å². The third-order valence-corrected chi connectivity index (χ3v) is 7.98. The summed E-state index contributed by atoms with van der Waals surface area (Å²) < 4.78 is 27.7. The lowest BCUT2D eigenvalue weighted by atomic mass is 9.76. The van der Waals surface area contributed by atoms with Gasteiger partial charge in [-0.1, -0.05) is 6.92 Å². The topological polar surface area (TPSA) is 103 Å². The van der Waals surface area contributed by atoms with Gasteiger partial charge < -0.3 is 0 Å². The molecule has 1 fully saturated rings. The number of aromatic nitrogens is 2. The first kappa shape index (κ1) is 20.7. The summed E-state index contributed by atoms with van der Waals surface area (Å²) in [6.45, 7) is 5.14. The Morgan fingerprint density at radius 1 is 1.17 bits per heavy atom. The Morgan fingerprint density at radius 2 is 1.80 bits per heavy atom. The van der Waals surface area contributed by atoms with E-state index < -0.39 is 21.5 Å². The molecule has 0 saturated heterocycles. The van der Waals surface area contributed by atoms with Crippen molar-refractivity contribution in [3.8, 4) is 11.3 Å². The molecule has 1 aliphatic heterocycles. The number of nitrogens with zero attached hydrogens (tertiary/aromatic N) is 2. The van der Waals surface area contributed by atoms with Crippen molar-refractivity contribution in [1.82, 2.24) is 9.78 Å². The second kappa shape index (κ2) is 6.97. The van der Waals surface area contributed by atoms with Crippen LogP contribution in [-0.4, -0.2) is 41.3 Å². The number of ketones is 3. The lowest BCUT2D eigenvalue weighted by molar-refractivity contribution is -0.134. The zero-order valence-corrected chi connectivity index (χ0v) is 18.3. The maximum atomic E-state index is 13.3. The molecule has 0 atom stereocenters. The minimum absolute atomic E-state index is 0.0379. The predicted octanol–water partition coefficient (Wildman–Crippen LogP) is 2.40. The van der Waals surface area contributed by atoms with Crippen molar-refractivity contribution in [3.05, 3.63) is 34.5 Å². The van der Waals surface area contributed by atoms with E-state index in [2.05, 4.69) is 5.10 Å². The molecule has 0 spiro atoms. The summed E-state index contributed by atoms with van der Waals surface area (Å²) in [7, 11) is -1.81.